The second-order valence-corrected chi connectivity index (χ2v) is 4.13. The van der Waals surface area contributed by atoms with Crippen LogP contribution in [0.4, 0.5) is 5.69 Å². The van der Waals surface area contributed by atoms with Gasteiger partial charge >= 0.3 is 5.97 Å². The summed E-state index contributed by atoms with van der Waals surface area (Å²) in [6.45, 7) is 2.55. The number of rotatable bonds is 7. The minimum Gasteiger partial charge on any atom is -0.463 e. The van der Waals surface area contributed by atoms with Crippen molar-refractivity contribution in [1.29, 1.82) is 0 Å². The van der Waals surface area contributed by atoms with Crippen molar-refractivity contribution >= 4 is 17.6 Å². The van der Waals surface area contributed by atoms with E-state index in [2.05, 4.69) is 5.32 Å². The second kappa shape index (κ2) is 8.26. The zero-order valence-electron chi connectivity index (χ0n) is 11.3. The van der Waals surface area contributed by atoms with Crippen LogP contribution in [0.2, 0.25) is 0 Å². The molecule has 19 heavy (non-hydrogen) atoms. The number of hydrogen-bond acceptors (Lipinski definition) is 4. The number of carbonyl (C=O) groups is 2. The number of benzene rings is 1. The first-order valence-corrected chi connectivity index (χ1v) is 6.13. The van der Waals surface area contributed by atoms with Crippen molar-refractivity contribution < 1.29 is 19.1 Å². The lowest BCUT2D eigenvalue weighted by molar-refractivity contribution is -0.145. The lowest BCUT2D eigenvalue weighted by Crippen LogP contribution is -2.15. The van der Waals surface area contributed by atoms with E-state index in [-0.39, 0.29) is 25.4 Å². The molecule has 5 heteroatoms. The molecule has 0 heterocycles. The van der Waals surface area contributed by atoms with Gasteiger partial charge in [-0.25, -0.2) is 0 Å². The molecule has 0 saturated carbocycles. The molecular weight excluding hydrogens is 246 g/mol. The van der Waals surface area contributed by atoms with Gasteiger partial charge in [-0.3, -0.25) is 9.59 Å². The van der Waals surface area contributed by atoms with Crippen molar-refractivity contribution in [2.24, 2.45) is 0 Å². The van der Waals surface area contributed by atoms with Gasteiger partial charge in [0.25, 0.3) is 0 Å². The molecule has 1 aromatic rings. The first kappa shape index (κ1) is 15.2. The quantitative estimate of drug-likeness (QED) is 0.604. The molecule has 0 bridgehead atoms. The predicted octanol–water partition coefficient (Wildman–Crippen LogP) is 1.90. The molecule has 0 unspecified atom stereocenters. The summed E-state index contributed by atoms with van der Waals surface area (Å²) in [5, 5.41) is 2.72. The van der Waals surface area contributed by atoms with E-state index in [1.54, 1.807) is 0 Å². The molecule has 0 radical (unpaired) electrons. The van der Waals surface area contributed by atoms with Gasteiger partial charge < -0.3 is 14.8 Å². The van der Waals surface area contributed by atoms with E-state index in [0.717, 1.165) is 11.3 Å². The van der Waals surface area contributed by atoms with Crippen LogP contribution in [0.25, 0.3) is 0 Å². The van der Waals surface area contributed by atoms with Crippen LogP contribution in [0.5, 0.6) is 0 Å². The van der Waals surface area contributed by atoms with Crippen LogP contribution in [0, 0.1) is 6.92 Å². The first-order chi connectivity index (χ1) is 9.11. The van der Waals surface area contributed by atoms with Gasteiger partial charge in [-0.1, -0.05) is 17.7 Å². The fourth-order valence-electron chi connectivity index (χ4n) is 1.39. The van der Waals surface area contributed by atoms with Crippen molar-refractivity contribution in [1.82, 2.24) is 0 Å². The van der Waals surface area contributed by atoms with Gasteiger partial charge in [0.2, 0.25) is 5.91 Å². The first-order valence-electron chi connectivity index (χ1n) is 6.13. The number of carbonyl (C=O) groups excluding carboxylic acids is 2. The maximum atomic E-state index is 11.6. The normalized spacial score (nSPS) is 10.0. The molecule has 0 aliphatic heterocycles. The fraction of sp³-hybridized carbons (Fsp3) is 0.429. The van der Waals surface area contributed by atoms with Gasteiger partial charge in [-0.2, -0.15) is 0 Å². The van der Waals surface area contributed by atoms with Crippen molar-refractivity contribution in [2.45, 2.75) is 19.8 Å². The Morgan fingerprint density at radius 2 is 1.79 bits per heavy atom. The van der Waals surface area contributed by atoms with Crippen molar-refractivity contribution in [3.63, 3.8) is 0 Å². The molecule has 0 aliphatic rings. The summed E-state index contributed by atoms with van der Waals surface area (Å²) in [5.74, 6) is -0.594. The van der Waals surface area contributed by atoms with Crippen LogP contribution in [0.15, 0.2) is 24.3 Å². The van der Waals surface area contributed by atoms with E-state index in [4.69, 9.17) is 9.47 Å². The smallest absolute Gasteiger partial charge is 0.306 e. The van der Waals surface area contributed by atoms with E-state index >= 15 is 0 Å². The molecule has 0 atom stereocenters. The zero-order chi connectivity index (χ0) is 14.1. The SMILES string of the molecule is COCCOC(=O)CCC(=O)Nc1ccc(C)cc1. The molecular formula is C14H19NO4. The minimum absolute atomic E-state index is 0.0708. The van der Waals surface area contributed by atoms with E-state index < -0.39 is 5.97 Å². The highest BCUT2D eigenvalue weighted by atomic mass is 16.6. The van der Waals surface area contributed by atoms with Crippen molar-refractivity contribution in [2.75, 3.05) is 25.6 Å². The predicted molar refractivity (Wildman–Crippen MR) is 71.9 cm³/mol. The third-order valence-electron chi connectivity index (χ3n) is 2.44. The fourth-order valence-corrected chi connectivity index (χ4v) is 1.39. The van der Waals surface area contributed by atoms with Crippen LogP contribution in [-0.4, -0.2) is 32.2 Å². The molecule has 0 aliphatic carbocycles. The standard InChI is InChI=1S/C14H19NO4/c1-11-3-5-12(6-4-11)15-13(16)7-8-14(17)19-10-9-18-2/h3-6H,7-10H2,1-2H3,(H,15,16). The molecule has 1 N–H and O–H groups in total. The Bertz CT molecular complexity index is 414. The van der Waals surface area contributed by atoms with Crippen LogP contribution in [0.3, 0.4) is 0 Å². The zero-order valence-corrected chi connectivity index (χ0v) is 11.3. The summed E-state index contributed by atoms with van der Waals surface area (Å²) in [5.41, 5.74) is 1.85. The topological polar surface area (TPSA) is 64.6 Å². The highest BCUT2D eigenvalue weighted by Gasteiger charge is 2.08. The lowest BCUT2D eigenvalue weighted by Gasteiger charge is -2.06. The third kappa shape index (κ3) is 6.57. The number of hydrogen-bond donors (Lipinski definition) is 1. The number of ether oxygens (including phenoxy) is 2. The molecule has 0 aromatic heterocycles. The molecule has 104 valence electrons. The second-order valence-electron chi connectivity index (χ2n) is 4.13. The number of amides is 1. The largest absolute Gasteiger partial charge is 0.463 e. The number of esters is 1. The van der Waals surface area contributed by atoms with Gasteiger partial charge in [0.05, 0.1) is 13.0 Å². The minimum atomic E-state index is -0.392. The molecule has 0 fully saturated rings. The molecule has 0 spiro atoms. The highest BCUT2D eigenvalue weighted by Crippen LogP contribution is 2.09. The van der Waals surface area contributed by atoms with Gasteiger partial charge in [0.15, 0.2) is 0 Å². The summed E-state index contributed by atoms with van der Waals surface area (Å²) < 4.78 is 9.60. The average Bonchev–Trinajstić information content (AvgIpc) is 2.39. The summed E-state index contributed by atoms with van der Waals surface area (Å²) in [6.07, 6.45) is 0.182. The average molecular weight is 265 g/mol. The van der Waals surface area contributed by atoms with Gasteiger partial charge in [-0.15, -0.1) is 0 Å². The Labute approximate surface area is 112 Å². The van der Waals surface area contributed by atoms with E-state index in [9.17, 15) is 9.59 Å². The van der Waals surface area contributed by atoms with E-state index in [1.165, 1.54) is 7.11 Å². The van der Waals surface area contributed by atoms with Crippen LogP contribution < -0.4 is 5.32 Å². The van der Waals surface area contributed by atoms with Gasteiger partial charge in [-0.05, 0) is 19.1 Å². The van der Waals surface area contributed by atoms with E-state index in [0.29, 0.717) is 6.61 Å². The molecule has 1 amide bonds. The third-order valence-corrected chi connectivity index (χ3v) is 2.44. The van der Waals surface area contributed by atoms with Crippen LogP contribution in [-0.2, 0) is 19.1 Å². The van der Waals surface area contributed by atoms with E-state index in [1.807, 2.05) is 31.2 Å². The van der Waals surface area contributed by atoms with Crippen molar-refractivity contribution in [3.8, 4) is 0 Å². The Kier molecular flexibility index (Phi) is 6.60. The Balaban J connectivity index is 2.24. The lowest BCUT2D eigenvalue weighted by atomic mass is 10.2. The number of anilines is 1. The van der Waals surface area contributed by atoms with Crippen LogP contribution >= 0.6 is 0 Å². The molecule has 5 nitrogen and oxygen atoms in total. The summed E-state index contributed by atoms with van der Waals surface area (Å²) >= 11 is 0. The maximum absolute atomic E-state index is 11.6. The summed E-state index contributed by atoms with van der Waals surface area (Å²) in [7, 11) is 1.53. The number of methoxy groups -OCH3 is 1. The van der Waals surface area contributed by atoms with Gasteiger partial charge in [0.1, 0.15) is 6.61 Å². The van der Waals surface area contributed by atoms with Gasteiger partial charge in [0, 0.05) is 19.2 Å². The molecule has 0 saturated heterocycles. The molecule has 1 rings (SSSR count). The highest BCUT2D eigenvalue weighted by molar-refractivity contribution is 5.92. The van der Waals surface area contributed by atoms with Crippen molar-refractivity contribution in [3.05, 3.63) is 29.8 Å². The summed E-state index contributed by atoms with van der Waals surface area (Å²) in [4.78, 5) is 22.8. The Hall–Kier alpha value is -1.88. The van der Waals surface area contributed by atoms with Crippen LogP contribution in [0.1, 0.15) is 18.4 Å². The maximum Gasteiger partial charge on any atom is 0.306 e. The Morgan fingerprint density at radius 1 is 1.11 bits per heavy atom. The molecule has 1 aromatic carbocycles. The number of aryl methyl sites for hydroxylation is 1. The number of nitrogens with one attached hydrogen (secondary N) is 1. The monoisotopic (exact) mass is 265 g/mol. The Morgan fingerprint density at radius 3 is 2.42 bits per heavy atom. The summed E-state index contributed by atoms with van der Waals surface area (Å²) in [6, 6.07) is 7.47.